The van der Waals surface area contributed by atoms with Gasteiger partial charge in [0, 0.05) is 17.8 Å². The fourth-order valence-corrected chi connectivity index (χ4v) is 3.05. The number of benzene rings is 2. The highest BCUT2D eigenvalue weighted by Crippen LogP contribution is 2.27. The molecular formula is C23H19FN4O5. The Morgan fingerprint density at radius 3 is 2.64 bits per heavy atom. The second-order valence-corrected chi connectivity index (χ2v) is 6.99. The van der Waals surface area contributed by atoms with Crippen LogP contribution < -0.4 is 10.1 Å². The maximum atomic E-state index is 13.3. The first-order chi connectivity index (χ1) is 15.9. The molecule has 2 heterocycles. The molecule has 33 heavy (non-hydrogen) atoms. The molecule has 10 heteroatoms. The summed E-state index contributed by atoms with van der Waals surface area (Å²) >= 11 is 0. The van der Waals surface area contributed by atoms with E-state index in [1.54, 1.807) is 31.2 Å². The van der Waals surface area contributed by atoms with Crippen LogP contribution in [-0.4, -0.2) is 40.5 Å². The molecule has 1 N–H and O–H groups in total. The summed E-state index contributed by atoms with van der Waals surface area (Å²) in [5, 5.41) is 10.6. The van der Waals surface area contributed by atoms with E-state index in [4.69, 9.17) is 14.0 Å². The second kappa shape index (κ2) is 9.35. The quantitative estimate of drug-likeness (QED) is 0.427. The van der Waals surface area contributed by atoms with Crippen molar-refractivity contribution in [3.05, 3.63) is 77.9 Å². The molecule has 0 fully saturated rings. The summed E-state index contributed by atoms with van der Waals surface area (Å²) in [4.78, 5) is 25.0. The molecule has 0 saturated carbocycles. The minimum atomic E-state index is -0.757. The van der Waals surface area contributed by atoms with E-state index in [0.29, 0.717) is 28.5 Å². The van der Waals surface area contributed by atoms with Crippen LogP contribution in [0.15, 0.2) is 65.3 Å². The zero-order chi connectivity index (χ0) is 23.4. The van der Waals surface area contributed by atoms with E-state index < -0.39 is 24.3 Å². The number of hydrogen-bond donors (Lipinski definition) is 1. The minimum Gasteiger partial charge on any atom is -0.497 e. The third-order valence-electron chi connectivity index (χ3n) is 4.60. The van der Waals surface area contributed by atoms with E-state index in [1.807, 2.05) is 0 Å². The summed E-state index contributed by atoms with van der Waals surface area (Å²) in [7, 11) is 1.53. The average molecular weight is 450 g/mol. The number of aromatic nitrogens is 3. The van der Waals surface area contributed by atoms with Crippen molar-refractivity contribution < 1.29 is 28.0 Å². The molecule has 0 aliphatic carbocycles. The van der Waals surface area contributed by atoms with E-state index in [2.05, 4.69) is 15.6 Å². The number of nitrogens with zero attached hydrogens (tertiary/aromatic N) is 3. The lowest BCUT2D eigenvalue weighted by molar-refractivity contribution is -0.119. The second-order valence-electron chi connectivity index (χ2n) is 6.99. The third-order valence-corrected chi connectivity index (χ3v) is 4.60. The Balaban J connectivity index is 1.59. The monoisotopic (exact) mass is 450 g/mol. The van der Waals surface area contributed by atoms with Crippen molar-refractivity contribution in [2.24, 2.45) is 0 Å². The van der Waals surface area contributed by atoms with E-state index in [9.17, 15) is 14.0 Å². The highest BCUT2D eigenvalue weighted by molar-refractivity contribution is 5.98. The molecule has 0 bridgehead atoms. The van der Waals surface area contributed by atoms with Gasteiger partial charge in [-0.2, -0.15) is 5.10 Å². The lowest BCUT2D eigenvalue weighted by Crippen LogP contribution is -2.21. The van der Waals surface area contributed by atoms with Crippen LogP contribution in [0.25, 0.3) is 16.9 Å². The van der Waals surface area contributed by atoms with E-state index in [1.165, 1.54) is 48.3 Å². The summed E-state index contributed by atoms with van der Waals surface area (Å²) < 4.78 is 30.1. The van der Waals surface area contributed by atoms with Crippen LogP contribution in [0.5, 0.6) is 5.75 Å². The van der Waals surface area contributed by atoms with Gasteiger partial charge in [-0.05, 0) is 43.3 Å². The molecule has 0 spiro atoms. The molecule has 0 aliphatic heterocycles. The number of methoxy groups -OCH3 is 1. The van der Waals surface area contributed by atoms with Crippen LogP contribution in [-0.2, 0) is 9.53 Å². The molecule has 0 radical (unpaired) electrons. The van der Waals surface area contributed by atoms with Gasteiger partial charge >= 0.3 is 5.97 Å². The highest BCUT2D eigenvalue weighted by Gasteiger charge is 2.21. The van der Waals surface area contributed by atoms with E-state index in [0.717, 1.165) is 0 Å². The number of amides is 1. The topological polar surface area (TPSA) is 108 Å². The molecule has 0 unspecified atom stereocenters. The normalized spacial score (nSPS) is 10.6. The van der Waals surface area contributed by atoms with Gasteiger partial charge in [0.2, 0.25) is 0 Å². The molecule has 0 atom stereocenters. The average Bonchev–Trinajstić information content (AvgIpc) is 3.44. The molecule has 4 rings (SSSR count). The summed E-state index contributed by atoms with van der Waals surface area (Å²) in [6.07, 6.45) is 1.46. The van der Waals surface area contributed by atoms with Crippen molar-refractivity contribution >= 4 is 17.7 Å². The fourth-order valence-electron chi connectivity index (χ4n) is 3.05. The Morgan fingerprint density at radius 1 is 1.15 bits per heavy atom. The Kier molecular flexibility index (Phi) is 6.16. The summed E-state index contributed by atoms with van der Waals surface area (Å²) in [5.41, 5.74) is 1.58. The van der Waals surface area contributed by atoms with Crippen LogP contribution in [0.1, 0.15) is 16.1 Å². The predicted octanol–water partition coefficient (Wildman–Crippen LogP) is 3.78. The molecule has 2 aromatic heterocycles. The van der Waals surface area contributed by atoms with Crippen LogP contribution in [0.2, 0.25) is 0 Å². The molecule has 4 aromatic rings. The highest BCUT2D eigenvalue weighted by atomic mass is 19.1. The summed E-state index contributed by atoms with van der Waals surface area (Å²) in [6.45, 7) is 1.14. The molecule has 0 aliphatic rings. The molecule has 1 amide bonds. The van der Waals surface area contributed by atoms with Gasteiger partial charge in [0.05, 0.1) is 12.8 Å². The van der Waals surface area contributed by atoms with Crippen molar-refractivity contribution in [1.29, 1.82) is 0 Å². The lowest BCUT2D eigenvalue weighted by atomic mass is 10.1. The van der Waals surface area contributed by atoms with Gasteiger partial charge in [0.25, 0.3) is 5.91 Å². The standard InChI is InChI=1S/C23H19FN4O5/c1-14-10-20(27-33-14)25-21(29)13-32-23(30)19-12-28(17-8-6-16(24)7-9-17)26-22(19)15-4-3-5-18(11-15)31-2/h3-12H,13H2,1-2H3,(H,25,27,29). The van der Waals surface area contributed by atoms with Crippen molar-refractivity contribution in [2.75, 3.05) is 19.0 Å². The van der Waals surface area contributed by atoms with Gasteiger partial charge in [-0.15, -0.1) is 0 Å². The molecule has 2 aromatic carbocycles. The van der Waals surface area contributed by atoms with Gasteiger partial charge in [0.1, 0.15) is 28.6 Å². The predicted molar refractivity (Wildman–Crippen MR) is 116 cm³/mol. The Bertz CT molecular complexity index is 1300. The first-order valence-corrected chi connectivity index (χ1v) is 9.83. The van der Waals surface area contributed by atoms with Crippen molar-refractivity contribution in [3.8, 4) is 22.7 Å². The number of carbonyl (C=O) groups is 2. The molecule has 9 nitrogen and oxygen atoms in total. The van der Waals surface area contributed by atoms with Gasteiger partial charge in [-0.3, -0.25) is 4.79 Å². The van der Waals surface area contributed by atoms with Crippen molar-refractivity contribution in [1.82, 2.24) is 14.9 Å². The number of aryl methyl sites for hydroxylation is 1. The Labute approximate surface area is 187 Å². The summed E-state index contributed by atoms with van der Waals surface area (Å²) in [5.74, 6) is -0.413. The molecular weight excluding hydrogens is 431 g/mol. The zero-order valence-electron chi connectivity index (χ0n) is 17.7. The largest absolute Gasteiger partial charge is 0.497 e. The Hall–Kier alpha value is -4.47. The zero-order valence-corrected chi connectivity index (χ0v) is 17.7. The van der Waals surface area contributed by atoms with Crippen molar-refractivity contribution in [2.45, 2.75) is 6.92 Å². The van der Waals surface area contributed by atoms with Gasteiger partial charge < -0.3 is 19.3 Å². The van der Waals surface area contributed by atoms with Crippen LogP contribution in [0.4, 0.5) is 10.2 Å². The number of carbonyl (C=O) groups excluding carboxylic acids is 2. The number of hydrogen-bond acceptors (Lipinski definition) is 7. The first-order valence-electron chi connectivity index (χ1n) is 9.83. The van der Waals surface area contributed by atoms with Crippen LogP contribution in [0.3, 0.4) is 0 Å². The number of esters is 1. The Morgan fingerprint density at radius 2 is 1.94 bits per heavy atom. The van der Waals surface area contributed by atoms with Gasteiger partial charge in [0.15, 0.2) is 12.4 Å². The van der Waals surface area contributed by atoms with Gasteiger partial charge in [-0.25, -0.2) is 13.9 Å². The van der Waals surface area contributed by atoms with Crippen molar-refractivity contribution in [3.63, 3.8) is 0 Å². The number of ether oxygens (including phenoxy) is 2. The SMILES string of the molecule is COc1cccc(-c2nn(-c3ccc(F)cc3)cc2C(=O)OCC(=O)Nc2cc(C)on2)c1. The summed E-state index contributed by atoms with van der Waals surface area (Å²) in [6, 6.07) is 14.2. The van der Waals surface area contributed by atoms with Crippen LogP contribution >= 0.6 is 0 Å². The number of rotatable bonds is 7. The third kappa shape index (κ3) is 5.06. The smallest absolute Gasteiger partial charge is 0.342 e. The van der Waals surface area contributed by atoms with Crippen LogP contribution in [0, 0.1) is 12.7 Å². The van der Waals surface area contributed by atoms with Gasteiger partial charge in [-0.1, -0.05) is 17.3 Å². The lowest BCUT2D eigenvalue weighted by Gasteiger charge is -2.06. The molecule has 168 valence electrons. The number of nitrogens with one attached hydrogen (secondary N) is 1. The van der Waals surface area contributed by atoms with E-state index in [-0.39, 0.29) is 11.4 Å². The number of anilines is 1. The molecule has 0 saturated heterocycles. The van der Waals surface area contributed by atoms with E-state index >= 15 is 0 Å². The maximum absolute atomic E-state index is 13.3. The minimum absolute atomic E-state index is 0.123. The first kappa shape index (κ1) is 21.8. The number of halogens is 1. The maximum Gasteiger partial charge on any atom is 0.342 e. The fraction of sp³-hybridized carbons (Fsp3) is 0.130.